The quantitative estimate of drug-likeness (QED) is 0.139. The first-order chi connectivity index (χ1) is 27.2. The summed E-state index contributed by atoms with van der Waals surface area (Å²) < 4.78 is 12.0. The SMILES string of the molecule is CCC1(CC)c2cc(/C=C/c3cccc4c3-c3ccccc3C4(c3ccccc3)c3ccccc3)ccc2-c2ccc(N(c3ccco3)C3CC=CO3)cc21. The van der Waals surface area contributed by atoms with Crippen molar-refractivity contribution in [1.29, 1.82) is 0 Å². The zero-order valence-corrected chi connectivity index (χ0v) is 31.3. The number of ether oxygens (including phenoxy) is 1. The average Bonchev–Trinajstić information content (AvgIpc) is 4.07. The van der Waals surface area contributed by atoms with Gasteiger partial charge >= 0.3 is 0 Å². The van der Waals surface area contributed by atoms with E-state index in [4.69, 9.17) is 9.15 Å². The summed E-state index contributed by atoms with van der Waals surface area (Å²) in [7, 11) is 0. The van der Waals surface area contributed by atoms with E-state index >= 15 is 0 Å². The fourth-order valence-corrected chi connectivity index (χ4v) is 9.99. The molecule has 1 aromatic heterocycles. The molecule has 10 rings (SSSR count). The Labute approximate surface area is 323 Å². The summed E-state index contributed by atoms with van der Waals surface area (Å²) in [5, 5.41) is 0. The van der Waals surface area contributed by atoms with Crippen molar-refractivity contribution >= 4 is 23.7 Å². The van der Waals surface area contributed by atoms with Crippen LogP contribution < -0.4 is 4.90 Å². The lowest BCUT2D eigenvalue weighted by Crippen LogP contribution is -2.30. The number of rotatable bonds is 9. The highest BCUT2D eigenvalue weighted by Gasteiger charge is 2.46. The fourth-order valence-electron chi connectivity index (χ4n) is 9.99. The van der Waals surface area contributed by atoms with Crippen molar-refractivity contribution in [2.24, 2.45) is 0 Å². The van der Waals surface area contributed by atoms with Gasteiger partial charge in [-0.2, -0.15) is 0 Å². The first-order valence-corrected chi connectivity index (χ1v) is 19.6. The van der Waals surface area contributed by atoms with E-state index in [9.17, 15) is 0 Å². The second-order valence-corrected chi connectivity index (χ2v) is 15.0. The van der Waals surface area contributed by atoms with Gasteiger partial charge in [-0.3, -0.25) is 4.90 Å². The van der Waals surface area contributed by atoms with Crippen molar-refractivity contribution in [3.63, 3.8) is 0 Å². The van der Waals surface area contributed by atoms with Gasteiger partial charge in [0.1, 0.15) is 0 Å². The van der Waals surface area contributed by atoms with Gasteiger partial charge in [0.05, 0.1) is 17.9 Å². The molecule has 6 aromatic carbocycles. The smallest absolute Gasteiger partial charge is 0.202 e. The highest BCUT2D eigenvalue weighted by molar-refractivity contribution is 5.93. The van der Waals surface area contributed by atoms with Gasteiger partial charge in [-0.25, -0.2) is 0 Å². The summed E-state index contributed by atoms with van der Waals surface area (Å²) in [6, 6.07) is 55.8. The van der Waals surface area contributed by atoms with E-state index in [0.29, 0.717) is 0 Å². The Balaban J connectivity index is 1.07. The Bertz CT molecular complexity index is 2530. The lowest BCUT2D eigenvalue weighted by atomic mass is 9.67. The van der Waals surface area contributed by atoms with Crippen molar-refractivity contribution in [3.8, 4) is 22.3 Å². The van der Waals surface area contributed by atoms with Crippen LogP contribution in [0.2, 0.25) is 0 Å². The van der Waals surface area contributed by atoms with Crippen LogP contribution in [0.5, 0.6) is 0 Å². The van der Waals surface area contributed by atoms with Crippen molar-refractivity contribution in [2.75, 3.05) is 4.90 Å². The molecule has 0 bridgehead atoms. The Morgan fingerprint density at radius 1 is 0.618 bits per heavy atom. The maximum absolute atomic E-state index is 6.04. The van der Waals surface area contributed by atoms with Gasteiger partial charge in [-0.15, -0.1) is 0 Å². The van der Waals surface area contributed by atoms with Gasteiger partial charge in [0.2, 0.25) is 5.88 Å². The minimum absolute atomic E-state index is 0.105. The van der Waals surface area contributed by atoms with Crippen molar-refractivity contribution in [2.45, 2.75) is 50.2 Å². The Hall–Kier alpha value is -6.32. The van der Waals surface area contributed by atoms with E-state index in [-0.39, 0.29) is 11.6 Å². The van der Waals surface area contributed by atoms with E-state index in [2.05, 4.69) is 177 Å². The second-order valence-electron chi connectivity index (χ2n) is 15.0. The number of benzene rings is 6. The summed E-state index contributed by atoms with van der Waals surface area (Å²) in [5.74, 6) is 0.787. The highest BCUT2D eigenvalue weighted by Crippen LogP contribution is 2.58. The van der Waals surface area contributed by atoms with Crippen molar-refractivity contribution < 1.29 is 9.15 Å². The maximum Gasteiger partial charge on any atom is 0.202 e. The molecule has 0 fully saturated rings. The van der Waals surface area contributed by atoms with Gasteiger partial charge in [0, 0.05) is 23.6 Å². The molecule has 1 unspecified atom stereocenters. The number of fused-ring (bicyclic) bond motifs is 6. The third kappa shape index (κ3) is 4.96. The zero-order valence-electron chi connectivity index (χ0n) is 31.3. The molecule has 2 aliphatic carbocycles. The summed E-state index contributed by atoms with van der Waals surface area (Å²) in [4.78, 5) is 2.19. The minimum Gasteiger partial charge on any atom is -0.478 e. The minimum atomic E-state index is -0.411. The number of hydrogen-bond acceptors (Lipinski definition) is 3. The zero-order chi connectivity index (χ0) is 37.0. The molecule has 0 N–H and O–H groups in total. The molecular formula is C52H43NO2. The molecule has 1 aliphatic heterocycles. The number of furan rings is 1. The molecule has 3 heteroatoms. The van der Waals surface area contributed by atoms with E-state index in [1.165, 1.54) is 66.8 Å². The molecule has 0 saturated carbocycles. The third-order valence-electron chi connectivity index (χ3n) is 12.5. The normalized spacial score (nSPS) is 16.7. The van der Waals surface area contributed by atoms with Gasteiger partial charge < -0.3 is 9.15 Å². The van der Waals surface area contributed by atoms with Gasteiger partial charge in [-0.1, -0.05) is 153 Å². The van der Waals surface area contributed by atoms with Crippen molar-refractivity contribution in [3.05, 3.63) is 215 Å². The predicted octanol–water partition coefficient (Wildman–Crippen LogP) is 13.3. The molecule has 1 atom stereocenters. The molecule has 3 nitrogen and oxygen atoms in total. The molecule has 0 amide bonds. The van der Waals surface area contributed by atoms with Crippen LogP contribution in [0.4, 0.5) is 11.6 Å². The predicted molar refractivity (Wildman–Crippen MR) is 225 cm³/mol. The van der Waals surface area contributed by atoms with Crippen LogP contribution in [0.25, 0.3) is 34.4 Å². The van der Waals surface area contributed by atoms with Gasteiger partial charge in [0.25, 0.3) is 0 Å². The van der Waals surface area contributed by atoms with Crippen LogP contribution in [0.15, 0.2) is 175 Å². The molecule has 268 valence electrons. The highest BCUT2D eigenvalue weighted by atomic mass is 16.5. The molecular weight excluding hydrogens is 671 g/mol. The number of nitrogens with zero attached hydrogens (tertiary/aromatic N) is 1. The Kier molecular flexibility index (Phi) is 7.99. The van der Waals surface area contributed by atoms with E-state index < -0.39 is 5.41 Å². The first kappa shape index (κ1) is 33.3. The van der Waals surface area contributed by atoms with Gasteiger partial charge in [-0.05, 0) is 104 Å². The topological polar surface area (TPSA) is 25.6 Å². The molecule has 55 heavy (non-hydrogen) atoms. The van der Waals surface area contributed by atoms with E-state index in [1.54, 1.807) is 12.5 Å². The maximum atomic E-state index is 6.04. The molecule has 2 heterocycles. The molecule has 0 saturated heterocycles. The number of anilines is 2. The van der Waals surface area contributed by atoms with Crippen LogP contribution >= 0.6 is 0 Å². The Morgan fingerprint density at radius 3 is 2.00 bits per heavy atom. The van der Waals surface area contributed by atoms with Crippen LogP contribution in [0.3, 0.4) is 0 Å². The van der Waals surface area contributed by atoms with Crippen LogP contribution in [-0.2, 0) is 15.6 Å². The Morgan fingerprint density at radius 2 is 1.31 bits per heavy atom. The summed E-state index contributed by atoms with van der Waals surface area (Å²) >= 11 is 0. The van der Waals surface area contributed by atoms with E-state index in [0.717, 1.165) is 30.8 Å². The average molecular weight is 714 g/mol. The fraction of sp³-hybridized carbons (Fsp3) is 0.154. The van der Waals surface area contributed by atoms with Crippen LogP contribution in [0.1, 0.15) is 77.6 Å². The van der Waals surface area contributed by atoms with Gasteiger partial charge in [0.15, 0.2) is 6.23 Å². The van der Waals surface area contributed by atoms with Crippen LogP contribution in [0, 0.1) is 0 Å². The largest absolute Gasteiger partial charge is 0.478 e. The lowest BCUT2D eigenvalue weighted by molar-refractivity contribution is 0.172. The summed E-state index contributed by atoms with van der Waals surface area (Å²) in [6.45, 7) is 4.67. The first-order valence-electron chi connectivity index (χ1n) is 19.6. The second kappa shape index (κ2) is 13.2. The van der Waals surface area contributed by atoms with E-state index in [1.807, 2.05) is 12.1 Å². The van der Waals surface area contributed by atoms with Crippen molar-refractivity contribution in [1.82, 2.24) is 0 Å². The monoisotopic (exact) mass is 713 g/mol. The molecule has 0 spiro atoms. The number of hydrogen-bond donors (Lipinski definition) is 0. The summed E-state index contributed by atoms with van der Waals surface area (Å²) in [5.41, 5.74) is 16.3. The standard InChI is InChI=1S/C52H43NO2/c1-3-51(4-2)46-34-36(27-30-41(46)42-31-29-40(35-47(42)51)53(48-24-14-32-54-48)49-25-15-33-55-49)26-28-37-16-13-23-45-50(37)43-21-11-12-22-44(43)52(45,38-17-7-5-8-18-38)39-19-9-6-10-20-39/h5-24,26-35,49H,3-4,25H2,1-2H3/b28-26+. The third-order valence-corrected chi connectivity index (χ3v) is 12.5. The summed E-state index contributed by atoms with van der Waals surface area (Å²) in [6.07, 6.45) is 12.9. The molecule has 0 radical (unpaired) electrons. The van der Waals surface area contributed by atoms with Crippen LogP contribution in [-0.4, -0.2) is 6.23 Å². The molecule has 7 aromatic rings. The molecule has 3 aliphatic rings. The lowest BCUT2D eigenvalue weighted by Gasteiger charge is -2.33.